The average Bonchev–Trinajstić information content (AvgIpc) is 2.38. The van der Waals surface area contributed by atoms with E-state index in [0.717, 1.165) is 11.4 Å². The highest BCUT2D eigenvalue weighted by Gasteiger charge is 2.19. The molecule has 2 unspecified atom stereocenters. The van der Waals surface area contributed by atoms with Gasteiger partial charge in [-0.3, -0.25) is 4.98 Å². The summed E-state index contributed by atoms with van der Waals surface area (Å²) in [7, 11) is 0. The molecule has 2 atom stereocenters. The third-order valence-corrected chi connectivity index (χ3v) is 2.79. The molecule has 1 heterocycles. The molecule has 2 aromatic rings. The van der Waals surface area contributed by atoms with E-state index in [9.17, 15) is 0 Å². The third kappa shape index (κ3) is 3.22. The van der Waals surface area contributed by atoms with E-state index in [4.69, 9.17) is 22.1 Å². The zero-order valence-electron chi connectivity index (χ0n) is 10.1. The quantitative estimate of drug-likeness (QED) is 0.920. The van der Waals surface area contributed by atoms with Crippen molar-refractivity contribution in [3.8, 4) is 5.75 Å². The van der Waals surface area contributed by atoms with E-state index in [2.05, 4.69) is 4.98 Å². The maximum absolute atomic E-state index is 5.96. The molecule has 4 heteroatoms. The normalized spacial score (nSPS) is 13.9. The molecule has 0 aliphatic carbocycles. The van der Waals surface area contributed by atoms with Crippen molar-refractivity contribution >= 4 is 11.6 Å². The van der Waals surface area contributed by atoms with Gasteiger partial charge in [-0.05, 0) is 43.3 Å². The van der Waals surface area contributed by atoms with Gasteiger partial charge in [0.25, 0.3) is 0 Å². The molecule has 0 aliphatic rings. The highest BCUT2D eigenvalue weighted by molar-refractivity contribution is 6.30. The molecule has 2 rings (SSSR count). The fourth-order valence-corrected chi connectivity index (χ4v) is 1.77. The molecule has 0 radical (unpaired) electrons. The van der Waals surface area contributed by atoms with Crippen molar-refractivity contribution in [3.05, 3.63) is 59.4 Å². The summed E-state index contributed by atoms with van der Waals surface area (Å²) in [5.74, 6) is 0.729. The minimum atomic E-state index is -0.271. The van der Waals surface area contributed by atoms with Gasteiger partial charge < -0.3 is 10.5 Å². The summed E-state index contributed by atoms with van der Waals surface area (Å²) in [6, 6.07) is 12.7. The summed E-state index contributed by atoms with van der Waals surface area (Å²) in [5, 5.41) is 0.678. The molecule has 2 N–H and O–H groups in total. The second-order valence-electron chi connectivity index (χ2n) is 4.11. The van der Waals surface area contributed by atoms with Gasteiger partial charge in [0.05, 0.1) is 5.69 Å². The van der Waals surface area contributed by atoms with Crippen LogP contribution in [0.1, 0.15) is 18.7 Å². The van der Waals surface area contributed by atoms with Crippen LogP contribution in [0.15, 0.2) is 48.7 Å². The number of halogens is 1. The lowest BCUT2D eigenvalue weighted by Crippen LogP contribution is -2.29. The van der Waals surface area contributed by atoms with Crippen LogP contribution in [-0.2, 0) is 0 Å². The van der Waals surface area contributed by atoms with Crippen molar-refractivity contribution in [2.24, 2.45) is 5.73 Å². The van der Waals surface area contributed by atoms with Gasteiger partial charge in [0, 0.05) is 17.3 Å². The van der Waals surface area contributed by atoms with E-state index in [-0.39, 0.29) is 12.1 Å². The van der Waals surface area contributed by atoms with E-state index in [1.807, 2.05) is 37.3 Å². The summed E-state index contributed by atoms with van der Waals surface area (Å²) >= 11 is 5.84. The molecule has 1 aromatic heterocycles. The first-order valence-electron chi connectivity index (χ1n) is 5.75. The molecule has 0 fully saturated rings. The van der Waals surface area contributed by atoms with Crippen LogP contribution >= 0.6 is 11.6 Å². The van der Waals surface area contributed by atoms with Gasteiger partial charge in [-0.1, -0.05) is 17.7 Å². The zero-order valence-corrected chi connectivity index (χ0v) is 10.8. The second kappa shape index (κ2) is 5.85. The molecule has 18 heavy (non-hydrogen) atoms. The lowest BCUT2D eigenvalue weighted by Gasteiger charge is -2.22. The Hall–Kier alpha value is -1.58. The summed E-state index contributed by atoms with van der Waals surface area (Å²) in [5.41, 5.74) is 6.78. The van der Waals surface area contributed by atoms with E-state index in [1.165, 1.54) is 0 Å². The standard InChI is InChI=1S/C14H15ClN2O/c1-10(16)14(13-4-2-3-9-17-13)18-12-7-5-11(15)6-8-12/h2-10,14H,16H2,1H3. The van der Waals surface area contributed by atoms with Crippen LogP contribution in [0.4, 0.5) is 0 Å². The first-order chi connectivity index (χ1) is 8.66. The Balaban J connectivity index is 2.19. The highest BCUT2D eigenvalue weighted by atomic mass is 35.5. The van der Waals surface area contributed by atoms with Gasteiger partial charge in [0.15, 0.2) is 6.10 Å². The van der Waals surface area contributed by atoms with Crippen molar-refractivity contribution in [1.82, 2.24) is 4.98 Å². The molecule has 0 saturated carbocycles. The number of nitrogens with zero attached hydrogens (tertiary/aromatic N) is 1. The van der Waals surface area contributed by atoms with Gasteiger partial charge in [0.2, 0.25) is 0 Å². The van der Waals surface area contributed by atoms with Crippen LogP contribution < -0.4 is 10.5 Å². The molecule has 0 amide bonds. The Morgan fingerprint density at radius 2 is 1.89 bits per heavy atom. The first kappa shape index (κ1) is 12.9. The smallest absolute Gasteiger partial charge is 0.155 e. The molecule has 0 saturated heterocycles. The zero-order chi connectivity index (χ0) is 13.0. The Bertz CT molecular complexity index is 485. The largest absolute Gasteiger partial charge is 0.483 e. The van der Waals surface area contributed by atoms with Crippen LogP contribution in [0.3, 0.4) is 0 Å². The number of pyridine rings is 1. The number of aromatic nitrogens is 1. The van der Waals surface area contributed by atoms with E-state index < -0.39 is 0 Å². The van der Waals surface area contributed by atoms with Gasteiger partial charge >= 0.3 is 0 Å². The van der Waals surface area contributed by atoms with Crippen molar-refractivity contribution in [2.75, 3.05) is 0 Å². The van der Waals surface area contributed by atoms with Gasteiger partial charge in [-0.2, -0.15) is 0 Å². The van der Waals surface area contributed by atoms with Gasteiger partial charge in [0.1, 0.15) is 5.75 Å². The number of ether oxygens (including phenoxy) is 1. The second-order valence-corrected chi connectivity index (χ2v) is 4.54. The van der Waals surface area contributed by atoms with Gasteiger partial charge in [-0.25, -0.2) is 0 Å². The minimum Gasteiger partial charge on any atom is -0.483 e. The number of nitrogens with two attached hydrogens (primary N) is 1. The third-order valence-electron chi connectivity index (χ3n) is 2.53. The lowest BCUT2D eigenvalue weighted by molar-refractivity contribution is 0.176. The number of rotatable bonds is 4. The number of hydrogen-bond acceptors (Lipinski definition) is 3. The molecule has 94 valence electrons. The Kier molecular flexibility index (Phi) is 4.18. The summed E-state index contributed by atoms with van der Waals surface area (Å²) in [6.07, 6.45) is 1.46. The predicted octanol–water partition coefficient (Wildman–Crippen LogP) is 3.20. The topological polar surface area (TPSA) is 48.1 Å². The minimum absolute atomic E-state index is 0.157. The van der Waals surface area contributed by atoms with Crippen molar-refractivity contribution in [2.45, 2.75) is 19.1 Å². The Morgan fingerprint density at radius 3 is 2.44 bits per heavy atom. The first-order valence-corrected chi connectivity index (χ1v) is 6.13. The van der Waals surface area contributed by atoms with Crippen molar-refractivity contribution in [1.29, 1.82) is 0 Å². The summed E-state index contributed by atoms with van der Waals surface area (Å²) in [6.45, 7) is 1.90. The predicted molar refractivity (Wildman–Crippen MR) is 72.7 cm³/mol. The van der Waals surface area contributed by atoms with Crippen LogP contribution in [0.25, 0.3) is 0 Å². The monoisotopic (exact) mass is 262 g/mol. The fraction of sp³-hybridized carbons (Fsp3) is 0.214. The van der Waals surface area contributed by atoms with Crippen molar-refractivity contribution in [3.63, 3.8) is 0 Å². The summed E-state index contributed by atoms with van der Waals surface area (Å²) < 4.78 is 5.87. The van der Waals surface area contributed by atoms with E-state index >= 15 is 0 Å². The SMILES string of the molecule is CC(N)C(Oc1ccc(Cl)cc1)c1ccccn1. The molecule has 3 nitrogen and oxygen atoms in total. The average molecular weight is 263 g/mol. The Labute approximate surface area is 112 Å². The molecular formula is C14H15ClN2O. The van der Waals surface area contributed by atoms with Crippen LogP contribution in [0, 0.1) is 0 Å². The van der Waals surface area contributed by atoms with Crippen LogP contribution in [0.2, 0.25) is 5.02 Å². The number of benzene rings is 1. The highest BCUT2D eigenvalue weighted by Crippen LogP contribution is 2.24. The van der Waals surface area contributed by atoms with Gasteiger partial charge in [-0.15, -0.1) is 0 Å². The molecule has 0 spiro atoms. The maximum atomic E-state index is 5.96. The molecular weight excluding hydrogens is 248 g/mol. The van der Waals surface area contributed by atoms with Crippen LogP contribution in [0.5, 0.6) is 5.75 Å². The number of hydrogen-bond donors (Lipinski definition) is 1. The van der Waals surface area contributed by atoms with Crippen molar-refractivity contribution < 1.29 is 4.74 Å². The summed E-state index contributed by atoms with van der Waals surface area (Å²) in [4.78, 5) is 4.28. The maximum Gasteiger partial charge on any atom is 0.155 e. The van der Waals surface area contributed by atoms with E-state index in [0.29, 0.717) is 5.02 Å². The fourth-order valence-electron chi connectivity index (χ4n) is 1.64. The molecule has 1 aromatic carbocycles. The van der Waals surface area contributed by atoms with E-state index in [1.54, 1.807) is 18.3 Å². The molecule has 0 aliphatic heterocycles. The van der Waals surface area contributed by atoms with Crippen LogP contribution in [-0.4, -0.2) is 11.0 Å². The Morgan fingerprint density at radius 1 is 1.17 bits per heavy atom. The molecule has 0 bridgehead atoms. The lowest BCUT2D eigenvalue weighted by atomic mass is 10.1.